The van der Waals surface area contributed by atoms with Crippen molar-refractivity contribution in [3.8, 4) is 0 Å². The van der Waals surface area contributed by atoms with Crippen LogP contribution in [0, 0.1) is 10.1 Å². The molecular weight excluding hydrogens is 1390 g/mol. The number of nitro groups is 1. The Morgan fingerprint density at radius 1 is 0.557 bits per heavy atom. The van der Waals surface area contributed by atoms with Crippen LogP contribution >= 0.6 is 10.7 Å². The molecule has 0 aliphatic rings. The third-order valence-electron chi connectivity index (χ3n) is 12.7. The monoisotopic (exact) mass is 1520 g/mol. The first-order valence-corrected chi connectivity index (χ1v) is 36.8. The van der Waals surface area contributed by atoms with Gasteiger partial charge in [0.2, 0.25) is 49.4 Å². The molecule has 97 heavy (non-hydrogen) atoms. The average Bonchev–Trinajstić information content (AvgIpc) is 3.72. The van der Waals surface area contributed by atoms with E-state index in [9.17, 15) is 70.1 Å². The zero-order valence-electron chi connectivity index (χ0n) is 61.3. The molecule has 0 aliphatic heterocycles. The van der Waals surface area contributed by atoms with Crippen molar-refractivity contribution in [2.45, 2.75) is 186 Å². The van der Waals surface area contributed by atoms with Crippen molar-refractivity contribution in [1.82, 2.24) is 62.0 Å². The second-order valence-electron chi connectivity index (χ2n) is 19.2. The Morgan fingerprint density at radius 2 is 0.918 bits per heavy atom. The van der Waals surface area contributed by atoms with E-state index in [-0.39, 0.29) is 99.0 Å². The zero-order chi connectivity index (χ0) is 78.3. The Morgan fingerprint density at radius 3 is 1.10 bits per heavy atom. The molecule has 0 rings (SSSR count). The van der Waals surface area contributed by atoms with E-state index in [1.165, 1.54) is 35.5 Å². The van der Waals surface area contributed by atoms with Gasteiger partial charge in [0.1, 0.15) is 24.5 Å². The molecule has 0 fully saturated rings. The highest BCUT2D eigenvalue weighted by molar-refractivity contribution is 8.13. The largest absolute Gasteiger partial charge is 0.481 e. The van der Waals surface area contributed by atoms with E-state index in [0.717, 1.165) is 51.1 Å². The number of hydrogen-bond donors (Lipinski definition) is 19. The Hall–Kier alpha value is -3.29. The maximum Gasteiger partial charge on any atom is 0.322 e. The quantitative estimate of drug-likeness (QED) is 0.00924. The number of hydrogen-bond acceptors (Lipinski definition) is 31. The molecule has 15 atom stereocenters. The summed E-state index contributed by atoms with van der Waals surface area (Å²) in [5, 5.41) is 88.5. The van der Waals surface area contributed by atoms with Crippen molar-refractivity contribution in [2.75, 3.05) is 137 Å². The van der Waals surface area contributed by atoms with Crippen molar-refractivity contribution in [1.29, 1.82) is 0 Å². The van der Waals surface area contributed by atoms with Crippen LogP contribution < -0.4 is 67.8 Å². The molecule has 588 valence electrons. The van der Waals surface area contributed by atoms with Gasteiger partial charge in [0.25, 0.3) is 0 Å². The predicted molar refractivity (Wildman–Crippen MR) is 382 cm³/mol. The van der Waals surface area contributed by atoms with Gasteiger partial charge >= 0.3 is 17.9 Å². The first-order chi connectivity index (χ1) is 45.3. The fraction of sp³-hybridized carbons (Fsp3) is 0.891. The Bertz CT molecular complexity index is 2030. The van der Waals surface area contributed by atoms with Crippen LogP contribution in [-0.4, -0.2) is 303 Å². The van der Waals surface area contributed by atoms with Crippen molar-refractivity contribution < 1.29 is 103 Å². The van der Waals surface area contributed by atoms with Gasteiger partial charge in [-0.25, -0.2) is 35.2 Å². The molecule has 0 aromatic rings. The summed E-state index contributed by atoms with van der Waals surface area (Å²) >= 11 is -4.80. The van der Waals surface area contributed by atoms with E-state index in [1.807, 2.05) is 69.5 Å². The first-order valence-electron chi connectivity index (χ1n) is 30.9. The number of carboxylic acids is 2. The lowest BCUT2D eigenvalue weighted by Gasteiger charge is -2.20. The molecule has 42 heteroatoms. The Labute approximate surface area is 590 Å². The number of nitrogens with zero attached hydrogens (tertiary/aromatic N) is 1. The van der Waals surface area contributed by atoms with E-state index in [1.54, 1.807) is 42.3 Å². The highest BCUT2D eigenvalue weighted by Crippen LogP contribution is 2.00. The summed E-state index contributed by atoms with van der Waals surface area (Å²) in [6.45, 7) is 15.8. The van der Waals surface area contributed by atoms with Gasteiger partial charge in [-0.2, -0.15) is 0 Å². The molecule has 0 aromatic carbocycles. The molecule has 0 bridgehead atoms. The van der Waals surface area contributed by atoms with Crippen LogP contribution in [-0.2, 0) is 88.9 Å². The third-order valence-corrected chi connectivity index (χ3v) is 14.7. The number of carboxylic acid groups (broad SMARTS) is 2. The van der Waals surface area contributed by atoms with Crippen LogP contribution in [0.2, 0.25) is 0 Å². The second kappa shape index (κ2) is 81.7. The van der Waals surface area contributed by atoms with Crippen LogP contribution in [0.3, 0.4) is 0 Å². The van der Waals surface area contributed by atoms with Crippen LogP contribution in [0.4, 0.5) is 0 Å². The lowest BCUT2D eigenvalue weighted by Crippen LogP contribution is -2.43. The van der Waals surface area contributed by atoms with E-state index in [4.69, 9.17) is 26.2 Å². The van der Waals surface area contributed by atoms with Gasteiger partial charge in [0.15, 0.2) is 11.6 Å². The van der Waals surface area contributed by atoms with E-state index < -0.39 is 84.1 Å². The number of methoxy groups -OCH3 is 1. The Balaban J connectivity index is -0.000000110. The molecule has 37 nitrogen and oxygen atoms in total. The molecule has 0 aliphatic carbocycles. The maximum absolute atomic E-state index is 11.4. The maximum atomic E-state index is 11.4. The number of nitrogens with one attached hydrogen (secondary N) is 12. The summed E-state index contributed by atoms with van der Waals surface area (Å²) < 4.78 is 76.1. The number of aliphatic hydroxyl groups excluding tert-OH is 4. The highest BCUT2D eigenvalue weighted by Gasteiger charge is 2.22. The highest BCUT2D eigenvalue weighted by atomic mass is 35.7. The molecule has 0 heterocycles. The predicted octanol–water partition coefficient (Wildman–Crippen LogP) is -3.54. The summed E-state index contributed by atoms with van der Waals surface area (Å²) in [6, 6.07) is -1.16. The first kappa shape index (κ1) is 115. The third kappa shape index (κ3) is 83.3. The number of ether oxygens (including phenoxy) is 1. The SMILES string of the molecule is CC[C@@H](C=O)NC.CC[C@@H](CO)NC.CC[C@H](NC)C(=O)CNS(=O)OC.CC[C@H](NC)C(=O)O.CC[C@H](NC)C(=O)OC.CC[C@H](NC)C(O)CN.CC[C@H](NC)C(O)CNS(=O)OC.CC[C@H](NC)C(O)C[N+](=O)[O-].CN[C@@H](CC(=O)O)C(=O)CNS(=O)OC.CS(=O)(=O)Cl. The number of carbonyl (C=O) groups is 6. The number of rotatable bonds is 43. The molecule has 6 unspecified atom stereocenters. The number of likely N-dealkylation sites (N-methyl/N-ethyl adjacent to an activating group) is 9. The molecule has 0 amide bonds. The smallest absolute Gasteiger partial charge is 0.322 e. The summed E-state index contributed by atoms with van der Waals surface area (Å²) in [7, 11) is 22.1. The minimum absolute atomic E-state index is 0.0151. The van der Waals surface area contributed by atoms with Crippen LogP contribution in [0.15, 0.2) is 0 Å². The van der Waals surface area contributed by atoms with Crippen molar-refractivity contribution >= 4 is 89.3 Å². The fourth-order valence-corrected chi connectivity index (χ4v) is 7.68. The molecule has 0 aromatic heterocycles. The van der Waals surface area contributed by atoms with Gasteiger partial charge in [0.05, 0.1) is 91.1 Å². The number of aliphatic carboxylic acids is 2. The van der Waals surface area contributed by atoms with Crippen molar-refractivity contribution in [2.24, 2.45) is 5.73 Å². The molecule has 20 N–H and O–H groups in total. The van der Waals surface area contributed by atoms with Gasteiger partial charge in [-0.05, 0) is 115 Å². The average molecular weight is 1520 g/mol. The van der Waals surface area contributed by atoms with Crippen LogP contribution in [0.5, 0.6) is 0 Å². The Kier molecular flexibility index (Phi) is 96.8. The zero-order valence-corrected chi connectivity index (χ0v) is 65.3. The van der Waals surface area contributed by atoms with E-state index in [0.29, 0.717) is 25.4 Å². The van der Waals surface area contributed by atoms with Crippen molar-refractivity contribution in [3.05, 3.63) is 10.1 Å². The van der Waals surface area contributed by atoms with Gasteiger partial charge in [0, 0.05) is 52.9 Å². The minimum Gasteiger partial charge on any atom is -0.481 e. The number of carbonyl (C=O) groups excluding carboxylic acids is 4. The van der Waals surface area contributed by atoms with Crippen LogP contribution in [0.25, 0.3) is 0 Å². The van der Waals surface area contributed by atoms with Gasteiger partial charge in [-0.15, -0.1) is 0 Å². The number of nitrogens with two attached hydrogens (primary N) is 1. The van der Waals surface area contributed by atoms with E-state index >= 15 is 0 Å². The lowest BCUT2D eigenvalue weighted by molar-refractivity contribution is -0.491. The summed E-state index contributed by atoms with van der Waals surface area (Å²) in [5.74, 6) is -2.45. The summed E-state index contributed by atoms with van der Waals surface area (Å²) in [6.07, 6.45) is 6.08. The fourth-order valence-electron chi connectivity index (χ4n) is 6.50. The standard InChI is InChI=1S/C7H14N2O5S.C7H18N2O3S.C7H16N2O3S.C6H14N2O3.C6H16N2O.C6H13NO2.C5H11NO2.C5H13NO.C5H11NO.CH3ClO2S/c1-8-5(3-7(11)12)6(10)4-9-15(13)14-2;2*1-4-6(8-2)7(10)5-9-13(11)12-3;1-3-5(7-2)6(9)4-8(10)11;1-3-5(8-2)6(9)4-7;1-4-5(7-2)6(8)9-3;1-3-4(6-2)5(7)8;2*1-3-5(4-7)6-2;1-5(2,3)4/h5,8-9H,3-4H2,1-2H3,(H,11,12);6-10H,4-5H2,1-3H3;6,8-9H,4-5H2,1-3H3;5-7,9H,3-4H2,1-2H3;5-6,8-9H,3-4,7H2,1-2H3;5,7H,4H2,1-3H3;4,6H,3H2,1-2H3,(H,7,8);5-7H,3-4H2,1-2H3;4-6H,3H2,1-2H3;1H3/t5-,15?;6-,7?,13?;6-,13?;2*5-,6?;5-;4-;2*5-;/m000000000./s1. The molecule has 0 spiro atoms. The minimum atomic E-state index is -3.19. The summed E-state index contributed by atoms with van der Waals surface area (Å²) in [4.78, 5) is 73.2. The molecule has 0 saturated carbocycles. The molecule has 0 radical (unpaired) electrons. The number of aliphatic hydroxyl groups is 4. The molecular formula is C55H129ClN14O23S4. The van der Waals surface area contributed by atoms with E-state index in [2.05, 4.69) is 90.0 Å². The van der Waals surface area contributed by atoms with Gasteiger partial charge in [-0.1, -0.05) is 55.4 Å². The molecule has 0 saturated heterocycles. The second-order valence-corrected chi connectivity index (χ2v) is 25.6. The number of halogens is 1. The van der Waals surface area contributed by atoms with Crippen molar-refractivity contribution in [3.63, 3.8) is 0 Å². The lowest BCUT2D eigenvalue weighted by atomic mass is 10.1. The number of ketones is 2. The van der Waals surface area contributed by atoms with Crippen LogP contribution in [0.1, 0.15) is 113 Å². The normalized spacial score (nSPS) is 15.0. The number of Topliss-reactive ketones (excluding diaryl/α,β-unsaturated/α-hetero) is 2. The number of aldehydes is 1. The topological polar surface area (TPSA) is 560 Å². The van der Waals surface area contributed by atoms with Gasteiger partial charge in [-0.3, -0.25) is 46.6 Å². The number of esters is 1. The summed E-state index contributed by atoms with van der Waals surface area (Å²) in [5.41, 5.74) is 5.23. The van der Waals surface area contributed by atoms with Gasteiger partial charge < -0.3 is 93.8 Å².